The average molecular weight is 175 g/mol. The zero-order valence-electron chi connectivity index (χ0n) is 6.86. The van der Waals surface area contributed by atoms with E-state index in [1.165, 1.54) is 0 Å². The van der Waals surface area contributed by atoms with Gasteiger partial charge in [0.1, 0.15) is 0 Å². The molecular formula is C7H13NO4. The summed E-state index contributed by atoms with van der Waals surface area (Å²) in [6.45, 7) is 1.56. The van der Waals surface area contributed by atoms with Crippen LogP contribution in [0.3, 0.4) is 0 Å². The lowest BCUT2D eigenvalue weighted by Gasteiger charge is -2.14. The predicted octanol–water partition coefficient (Wildman–Crippen LogP) is -0.101. The van der Waals surface area contributed by atoms with E-state index in [2.05, 4.69) is 0 Å². The Morgan fingerprint density at radius 1 is 1.42 bits per heavy atom. The smallest absolute Gasteiger partial charge is 0.308 e. The van der Waals surface area contributed by atoms with E-state index in [4.69, 9.17) is 15.9 Å². The summed E-state index contributed by atoms with van der Waals surface area (Å²) in [7, 11) is 0. The van der Waals surface area contributed by atoms with Gasteiger partial charge in [0.2, 0.25) is 0 Å². The van der Waals surface area contributed by atoms with Gasteiger partial charge in [-0.15, -0.1) is 0 Å². The largest absolute Gasteiger partial charge is 0.481 e. The number of carbonyl (C=O) groups is 2. The van der Waals surface area contributed by atoms with Gasteiger partial charge in [0.25, 0.3) is 0 Å². The van der Waals surface area contributed by atoms with Gasteiger partial charge in [0.15, 0.2) is 0 Å². The average Bonchev–Trinajstić information content (AvgIpc) is 1.84. The first-order chi connectivity index (χ1) is 5.45. The minimum Gasteiger partial charge on any atom is -0.481 e. The van der Waals surface area contributed by atoms with Crippen molar-refractivity contribution in [3.63, 3.8) is 0 Å². The first-order valence-electron chi connectivity index (χ1n) is 3.65. The first-order valence-corrected chi connectivity index (χ1v) is 3.65. The van der Waals surface area contributed by atoms with Crippen LogP contribution in [0, 0.1) is 5.92 Å². The van der Waals surface area contributed by atoms with E-state index < -0.39 is 23.9 Å². The Kier molecular flexibility index (Phi) is 4.28. The van der Waals surface area contributed by atoms with Crippen molar-refractivity contribution in [3.05, 3.63) is 0 Å². The standard InChI is InChI=1S/C7H13NO4/c1-4(8)5(7(11)12)2-3-6(9)10/h4-5H,2-3,8H2,1H3,(H,9,10)(H,11,12). The van der Waals surface area contributed by atoms with Crippen LogP contribution in [-0.4, -0.2) is 28.2 Å². The molecule has 0 saturated heterocycles. The zero-order chi connectivity index (χ0) is 9.72. The third-order valence-electron chi connectivity index (χ3n) is 1.62. The number of carboxylic acids is 2. The summed E-state index contributed by atoms with van der Waals surface area (Å²) < 4.78 is 0. The molecule has 2 unspecified atom stereocenters. The normalized spacial score (nSPS) is 15.2. The summed E-state index contributed by atoms with van der Waals surface area (Å²) in [5.41, 5.74) is 5.35. The van der Waals surface area contributed by atoms with E-state index in [9.17, 15) is 9.59 Å². The molecule has 0 aliphatic rings. The van der Waals surface area contributed by atoms with Crippen molar-refractivity contribution in [3.8, 4) is 0 Å². The van der Waals surface area contributed by atoms with Crippen LogP contribution >= 0.6 is 0 Å². The van der Waals surface area contributed by atoms with Crippen LogP contribution in [0.15, 0.2) is 0 Å². The van der Waals surface area contributed by atoms with Gasteiger partial charge in [-0.05, 0) is 13.3 Å². The highest BCUT2D eigenvalue weighted by atomic mass is 16.4. The molecule has 0 saturated carbocycles. The predicted molar refractivity (Wildman–Crippen MR) is 41.6 cm³/mol. The number of hydrogen-bond donors (Lipinski definition) is 3. The molecule has 0 rings (SSSR count). The van der Waals surface area contributed by atoms with Crippen molar-refractivity contribution >= 4 is 11.9 Å². The van der Waals surface area contributed by atoms with Gasteiger partial charge in [-0.25, -0.2) is 0 Å². The monoisotopic (exact) mass is 175 g/mol. The molecule has 5 nitrogen and oxygen atoms in total. The zero-order valence-corrected chi connectivity index (χ0v) is 6.86. The second-order valence-corrected chi connectivity index (χ2v) is 2.74. The molecule has 0 amide bonds. The number of aliphatic carboxylic acids is 2. The third-order valence-corrected chi connectivity index (χ3v) is 1.62. The van der Waals surface area contributed by atoms with Crippen LogP contribution in [0.5, 0.6) is 0 Å². The highest BCUT2D eigenvalue weighted by Crippen LogP contribution is 2.10. The van der Waals surface area contributed by atoms with E-state index in [0.717, 1.165) is 0 Å². The van der Waals surface area contributed by atoms with Crippen LogP contribution < -0.4 is 5.73 Å². The van der Waals surface area contributed by atoms with Crippen molar-refractivity contribution in [2.75, 3.05) is 0 Å². The van der Waals surface area contributed by atoms with Gasteiger partial charge < -0.3 is 15.9 Å². The molecule has 5 heteroatoms. The Hall–Kier alpha value is -1.10. The fourth-order valence-electron chi connectivity index (χ4n) is 0.890. The van der Waals surface area contributed by atoms with Crippen molar-refractivity contribution in [2.45, 2.75) is 25.8 Å². The summed E-state index contributed by atoms with van der Waals surface area (Å²) in [5, 5.41) is 16.9. The Morgan fingerprint density at radius 2 is 1.92 bits per heavy atom. The van der Waals surface area contributed by atoms with Crippen molar-refractivity contribution < 1.29 is 19.8 Å². The molecule has 0 heterocycles. The van der Waals surface area contributed by atoms with Gasteiger partial charge in [0, 0.05) is 12.5 Å². The van der Waals surface area contributed by atoms with Crippen molar-refractivity contribution in [1.29, 1.82) is 0 Å². The number of hydrogen-bond acceptors (Lipinski definition) is 3. The van der Waals surface area contributed by atoms with Gasteiger partial charge in [-0.3, -0.25) is 9.59 Å². The molecule has 0 aromatic carbocycles. The first kappa shape index (κ1) is 10.9. The Morgan fingerprint density at radius 3 is 2.17 bits per heavy atom. The molecule has 0 aromatic rings. The maximum Gasteiger partial charge on any atom is 0.308 e. The molecule has 0 spiro atoms. The third kappa shape index (κ3) is 3.92. The highest BCUT2D eigenvalue weighted by molar-refractivity contribution is 5.72. The Labute approximate surface area is 70.2 Å². The number of carboxylic acid groups (broad SMARTS) is 2. The van der Waals surface area contributed by atoms with Crippen LogP contribution in [-0.2, 0) is 9.59 Å². The summed E-state index contributed by atoms with van der Waals surface area (Å²) in [6, 6.07) is -0.512. The minimum atomic E-state index is -1.04. The maximum absolute atomic E-state index is 10.5. The van der Waals surface area contributed by atoms with Gasteiger partial charge in [-0.1, -0.05) is 0 Å². The van der Waals surface area contributed by atoms with Crippen LogP contribution in [0.25, 0.3) is 0 Å². The van der Waals surface area contributed by atoms with E-state index in [1.807, 2.05) is 0 Å². The minimum absolute atomic E-state index is 0.0856. The molecule has 2 atom stereocenters. The lowest BCUT2D eigenvalue weighted by atomic mass is 9.97. The molecular weight excluding hydrogens is 162 g/mol. The van der Waals surface area contributed by atoms with Crippen LogP contribution in [0.1, 0.15) is 19.8 Å². The van der Waals surface area contributed by atoms with Crippen LogP contribution in [0.4, 0.5) is 0 Å². The SMILES string of the molecule is CC(N)C(CCC(=O)O)C(=O)O. The number of rotatable bonds is 5. The molecule has 0 bridgehead atoms. The molecule has 12 heavy (non-hydrogen) atoms. The molecule has 4 N–H and O–H groups in total. The molecule has 0 aliphatic carbocycles. The fraction of sp³-hybridized carbons (Fsp3) is 0.714. The molecule has 0 aromatic heterocycles. The summed E-state index contributed by atoms with van der Waals surface area (Å²) in [5.74, 6) is -2.80. The van der Waals surface area contributed by atoms with Gasteiger partial charge >= 0.3 is 11.9 Å². The fourth-order valence-corrected chi connectivity index (χ4v) is 0.890. The number of nitrogens with two attached hydrogens (primary N) is 1. The Bertz CT molecular complexity index is 178. The molecule has 70 valence electrons. The summed E-state index contributed by atoms with van der Waals surface area (Å²) >= 11 is 0. The van der Waals surface area contributed by atoms with E-state index in [-0.39, 0.29) is 12.8 Å². The van der Waals surface area contributed by atoms with Crippen molar-refractivity contribution in [1.82, 2.24) is 0 Å². The quantitative estimate of drug-likeness (QED) is 0.541. The lowest BCUT2D eigenvalue weighted by molar-refractivity contribution is -0.143. The molecule has 0 fully saturated rings. The molecule has 0 radical (unpaired) electrons. The second kappa shape index (κ2) is 4.71. The van der Waals surface area contributed by atoms with Gasteiger partial charge in [-0.2, -0.15) is 0 Å². The van der Waals surface area contributed by atoms with E-state index in [0.29, 0.717) is 0 Å². The summed E-state index contributed by atoms with van der Waals surface area (Å²) in [6.07, 6.45) is -0.0686. The van der Waals surface area contributed by atoms with Crippen LogP contribution in [0.2, 0.25) is 0 Å². The molecule has 0 aliphatic heterocycles. The van der Waals surface area contributed by atoms with E-state index in [1.54, 1.807) is 6.92 Å². The van der Waals surface area contributed by atoms with Crippen molar-refractivity contribution in [2.24, 2.45) is 11.7 Å². The maximum atomic E-state index is 10.5. The lowest BCUT2D eigenvalue weighted by Crippen LogP contribution is -2.33. The summed E-state index contributed by atoms with van der Waals surface area (Å²) in [4.78, 5) is 20.6. The second-order valence-electron chi connectivity index (χ2n) is 2.74. The van der Waals surface area contributed by atoms with Gasteiger partial charge in [0.05, 0.1) is 5.92 Å². The highest BCUT2D eigenvalue weighted by Gasteiger charge is 2.22. The topological polar surface area (TPSA) is 101 Å². The Balaban J connectivity index is 3.97. The van der Waals surface area contributed by atoms with E-state index >= 15 is 0 Å².